The molecular weight excluding hydrogens is 1570 g/mol. The molecule has 111 heavy (non-hydrogen) atoms. The normalized spacial score (nSPS) is 29.0. The zero-order chi connectivity index (χ0) is 78.0. The van der Waals surface area contributed by atoms with Crippen molar-refractivity contribution in [2.75, 3.05) is 0 Å². The third-order valence-electron chi connectivity index (χ3n) is 27.8. The summed E-state index contributed by atoms with van der Waals surface area (Å²) in [5.41, 5.74) is 20.9. The Hall–Kier alpha value is -7.40. The summed E-state index contributed by atoms with van der Waals surface area (Å²) in [5, 5.41) is 9.36. The molecule has 0 aromatic heterocycles. The first-order valence-corrected chi connectivity index (χ1v) is 69.9. The van der Waals surface area contributed by atoms with Crippen LogP contribution in [0.15, 0.2) is 334 Å². The van der Waals surface area contributed by atoms with E-state index < -0.39 is 76.8 Å². The number of fused-ring (bicyclic) bond motifs is 12. The molecule has 5 spiro atoms. The predicted molar refractivity (Wildman–Crippen MR) is 487 cm³/mol. The number of allylic oxidation sites excluding steroid dienone is 32. The summed E-state index contributed by atoms with van der Waals surface area (Å²) < 4.78 is 24.7. The topological polar surface area (TPSA) is 36.9 Å². The zero-order valence-electron chi connectivity index (χ0n) is 67.8. The monoisotopic (exact) mass is 1670 g/mol. The first kappa shape index (κ1) is 75.0. The predicted octanol–water partition coefficient (Wildman–Crippen LogP) is 28.2. The van der Waals surface area contributed by atoms with Crippen molar-refractivity contribution in [3.63, 3.8) is 0 Å². The summed E-state index contributed by atoms with van der Waals surface area (Å²) in [5.74, 6) is 3.14. The second-order valence-corrected chi connectivity index (χ2v) is 95.2. The summed E-state index contributed by atoms with van der Waals surface area (Å²) >= 11 is -7.97. The van der Waals surface area contributed by atoms with Crippen LogP contribution in [0.3, 0.4) is 0 Å². The molecule has 8 aromatic carbocycles. The van der Waals surface area contributed by atoms with Gasteiger partial charge in [0.2, 0.25) is 0 Å². The Morgan fingerprint density at radius 2 is 0.486 bits per heavy atom. The van der Waals surface area contributed by atoms with Gasteiger partial charge in [0.15, 0.2) is 0 Å². The molecule has 2 saturated heterocycles. The standard InChI is InChI=1S/2C49H52O2Si3.2ClH.Zr/c2*1-32-30-44-36(38-26-28-46(50-53(4,5)6)40-22-14-10-18-34(38)40)20-12-16-24-42(44)48(32)52(3)49-33(2)31-45-37(21-13-17-25-43(45)49)39-27-29-47(51-54(7,8)9)41-23-15-11-19-35(39)41;;;/h2*10-31,36-37,52H,1-9H3;2*1H;/q;;;;+2/p-2. The first-order chi connectivity index (χ1) is 52.7. The molecule has 0 radical (unpaired) electrons. The molecule has 0 bridgehead atoms. The van der Waals surface area contributed by atoms with Gasteiger partial charge >= 0.3 is 677 Å². The summed E-state index contributed by atoms with van der Waals surface area (Å²) in [7, 11) is 10.0. The van der Waals surface area contributed by atoms with Crippen molar-refractivity contribution in [1.29, 1.82) is 0 Å². The molecule has 2 aliphatic heterocycles. The van der Waals surface area contributed by atoms with Crippen molar-refractivity contribution >= 4 is 111 Å². The van der Waals surface area contributed by atoms with Crippen LogP contribution in [-0.2, 0) is 14.9 Å². The Balaban J connectivity index is 1.01. The summed E-state index contributed by atoms with van der Waals surface area (Å²) in [6, 6.07) is 54.6. The van der Waals surface area contributed by atoms with Crippen LogP contribution in [0.4, 0.5) is 0 Å². The Kier molecular flexibility index (Phi) is 16.9. The molecule has 0 amide bonds. The fourth-order valence-electron chi connectivity index (χ4n) is 25.8. The van der Waals surface area contributed by atoms with Crippen LogP contribution in [-0.4, -0.2) is 50.9 Å². The van der Waals surface area contributed by atoms with Crippen LogP contribution in [0.25, 0.3) is 43.1 Å². The average Bonchev–Trinajstić information content (AvgIpc) is 1.53. The van der Waals surface area contributed by atoms with Crippen LogP contribution in [0.1, 0.15) is 73.6 Å². The molecule has 0 saturated carbocycles. The van der Waals surface area contributed by atoms with Gasteiger partial charge in [-0.05, 0) is 0 Å². The fraction of sp³-hybridized carbons (Fsp3) is 0.265. The minimum absolute atomic E-state index is 0.162. The molecule has 18 rings (SSSR count). The van der Waals surface area contributed by atoms with E-state index in [1.807, 2.05) is 0 Å². The summed E-state index contributed by atoms with van der Waals surface area (Å²) in [6.45, 7) is 43.1. The van der Waals surface area contributed by atoms with E-state index in [4.69, 9.17) is 17.7 Å². The van der Waals surface area contributed by atoms with E-state index in [2.05, 4.69) is 386 Å². The van der Waals surface area contributed by atoms with Gasteiger partial charge in [0, 0.05) is 0 Å². The van der Waals surface area contributed by atoms with Crippen molar-refractivity contribution in [2.24, 2.45) is 0 Å². The molecule has 4 nitrogen and oxygen atoms in total. The molecule has 562 valence electrons. The van der Waals surface area contributed by atoms with Crippen LogP contribution < -0.4 is 17.7 Å². The van der Waals surface area contributed by atoms with Crippen LogP contribution in [0, 0.1) is 0 Å². The number of hydrogen-bond donors (Lipinski definition) is 0. The second kappa shape index (κ2) is 25.1. The van der Waals surface area contributed by atoms with Crippen molar-refractivity contribution in [3.8, 4) is 23.0 Å². The third-order valence-corrected chi connectivity index (χ3v) is 116. The molecule has 2 fully saturated rings. The van der Waals surface area contributed by atoms with Gasteiger partial charge in [0.1, 0.15) is 0 Å². The van der Waals surface area contributed by atoms with Gasteiger partial charge in [-0.1, -0.05) is 0 Å². The van der Waals surface area contributed by atoms with Gasteiger partial charge in [-0.15, -0.1) is 0 Å². The van der Waals surface area contributed by atoms with Gasteiger partial charge < -0.3 is 0 Å². The van der Waals surface area contributed by atoms with E-state index in [1.54, 1.807) is 0 Å². The number of rotatable bonds is 12. The summed E-state index contributed by atoms with van der Waals surface area (Å²) in [6.07, 6.45) is 49.9. The Morgan fingerprint density at radius 3 is 0.685 bits per heavy atom. The maximum atomic E-state index is 11.9. The third kappa shape index (κ3) is 9.39. The fourth-order valence-corrected chi connectivity index (χ4v) is 153. The van der Waals surface area contributed by atoms with Gasteiger partial charge in [-0.25, -0.2) is 0 Å². The minimum atomic E-state index is -7.97. The van der Waals surface area contributed by atoms with E-state index in [0.717, 1.165) is 44.5 Å². The molecule has 13 heteroatoms. The van der Waals surface area contributed by atoms with Crippen molar-refractivity contribution in [1.82, 2.24) is 0 Å². The molecule has 0 N–H and O–H groups in total. The van der Waals surface area contributed by atoms with Gasteiger partial charge in [-0.2, -0.15) is 0 Å². The maximum absolute atomic E-state index is 11.9. The van der Waals surface area contributed by atoms with E-state index in [9.17, 15) is 17.0 Å². The van der Waals surface area contributed by atoms with Crippen molar-refractivity contribution < 1.29 is 32.6 Å². The van der Waals surface area contributed by atoms with Crippen LogP contribution in [0.5, 0.6) is 23.0 Å². The molecule has 8 aliphatic carbocycles. The molecule has 8 aromatic rings. The van der Waals surface area contributed by atoms with Gasteiger partial charge in [0.05, 0.1) is 0 Å². The van der Waals surface area contributed by atoms with E-state index in [1.165, 1.54) is 111 Å². The molecule has 8 unspecified atom stereocenters. The Labute approximate surface area is 670 Å². The number of halogens is 2. The number of hydrogen-bond acceptors (Lipinski definition) is 4. The van der Waals surface area contributed by atoms with E-state index in [-0.39, 0.29) is 23.7 Å². The van der Waals surface area contributed by atoms with Crippen molar-refractivity contribution in [3.05, 3.63) is 356 Å². The van der Waals surface area contributed by atoms with Gasteiger partial charge in [-0.3, -0.25) is 0 Å². The van der Waals surface area contributed by atoms with Crippen molar-refractivity contribution in [2.45, 2.75) is 154 Å². The molecule has 8 atom stereocenters. The zero-order valence-corrected chi connectivity index (χ0v) is 78.0. The quantitative estimate of drug-likeness (QED) is 0.114. The molecular formula is C98H104Cl2O4Si6Zr. The SMILES string of the molecule is CC1=CC2=C(C=CC=CC2c2ccc(O[Si](C)(C)C)c3ccccc23)[C]12[SiH](C)[C]1(C(C)=CC3=C1C=CC=CC3c1ccc(O[Si](C)(C)C)c3ccccc13)[Zr]21([Cl])([Cl])[C]2(C(C)=CC3=C2C=CC=CC3c2ccc(O[Si](C)(C)C)c3ccccc23)[SiH](C)[C]12C(C)=CC1=C2C=CC=CC1c1ccc(O[Si](C)(C)C)c2ccccc12. The average molecular weight is 1680 g/mol. The van der Waals surface area contributed by atoms with Crippen LogP contribution >= 0.6 is 17.0 Å². The van der Waals surface area contributed by atoms with Crippen LogP contribution in [0.2, 0.25) is 103 Å². The molecule has 2 heterocycles. The van der Waals surface area contributed by atoms with E-state index >= 15 is 0 Å². The Morgan fingerprint density at radius 1 is 0.288 bits per heavy atom. The summed E-state index contributed by atoms with van der Waals surface area (Å²) in [4.78, 5) is 0. The Bertz CT molecular complexity index is 5340. The van der Waals surface area contributed by atoms with E-state index in [0.29, 0.717) is 0 Å². The second-order valence-electron chi connectivity index (χ2n) is 37.6. The van der Waals surface area contributed by atoms with Gasteiger partial charge in [0.25, 0.3) is 0 Å². The first-order valence-electron chi connectivity index (χ1n) is 40.4. The molecule has 10 aliphatic rings. The number of benzene rings is 8.